The van der Waals surface area contributed by atoms with Crippen LogP contribution in [0.3, 0.4) is 0 Å². The van der Waals surface area contributed by atoms with Crippen molar-refractivity contribution in [1.82, 2.24) is 4.90 Å². The first-order valence-corrected chi connectivity index (χ1v) is 8.78. The normalized spacial score (nSPS) is 16.7. The van der Waals surface area contributed by atoms with E-state index in [9.17, 15) is 22.8 Å². The zero-order valence-electron chi connectivity index (χ0n) is 15.7. The van der Waals surface area contributed by atoms with Gasteiger partial charge in [0.2, 0.25) is 11.8 Å². The molecule has 1 aliphatic heterocycles. The van der Waals surface area contributed by atoms with E-state index in [2.05, 4.69) is 5.32 Å². The lowest BCUT2D eigenvalue weighted by molar-refractivity contribution is -0.137. The van der Waals surface area contributed by atoms with Gasteiger partial charge in [0.1, 0.15) is 23.3 Å². The Balaban J connectivity index is 1.76. The second kappa shape index (κ2) is 8.02. The van der Waals surface area contributed by atoms with Gasteiger partial charge in [-0.1, -0.05) is 0 Å². The molecule has 1 atom stereocenters. The average molecular weight is 408 g/mol. The number of alkyl halides is 3. The number of carbonyl (C=O) groups is 2. The maximum atomic E-state index is 12.7. The molecule has 1 saturated heterocycles. The molecule has 29 heavy (non-hydrogen) atoms. The Bertz CT molecular complexity index is 913. The van der Waals surface area contributed by atoms with Gasteiger partial charge in [-0.05, 0) is 42.8 Å². The van der Waals surface area contributed by atoms with Gasteiger partial charge in [0.25, 0.3) is 0 Å². The van der Waals surface area contributed by atoms with Crippen LogP contribution in [0.2, 0.25) is 0 Å². The highest BCUT2D eigenvalue weighted by Crippen LogP contribution is 2.34. The molecule has 0 aliphatic carbocycles. The number of likely N-dealkylation sites (tertiary alicyclic amines) is 1. The van der Waals surface area contributed by atoms with Gasteiger partial charge >= 0.3 is 6.18 Å². The third kappa shape index (κ3) is 4.61. The third-order valence-electron chi connectivity index (χ3n) is 4.64. The molecular formula is C20H19F3N2O4. The number of methoxy groups -OCH3 is 1. The fraction of sp³-hybridized carbons (Fsp3) is 0.300. The molecule has 2 aromatic rings. The minimum atomic E-state index is -4.43. The molecule has 1 heterocycles. The van der Waals surface area contributed by atoms with E-state index in [0.29, 0.717) is 30.0 Å². The maximum absolute atomic E-state index is 12.7. The van der Waals surface area contributed by atoms with Gasteiger partial charge in [0, 0.05) is 19.5 Å². The first-order chi connectivity index (χ1) is 13.7. The Labute approximate surface area is 165 Å². The molecule has 9 heteroatoms. The molecule has 0 radical (unpaired) electrons. The van der Waals surface area contributed by atoms with Crippen LogP contribution >= 0.6 is 0 Å². The quantitative estimate of drug-likeness (QED) is 0.810. The highest BCUT2D eigenvalue weighted by Gasteiger charge is 2.33. The van der Waals surface area contributed by atoms with Crippen molar-refractivity contribution in [3.05, 3.63) is 48.0 Å². The van der Waals surface area contributed by atoms with E-state index in [0.717, 1.165) is 12.1 Å². The number of likely N-dealkylation sites (N-methyl/N-ethyl adjacent to an activating group) is 1. The number of hydrogen-bond acceptors (Lipinski definition) is 4. The fourth-order valence-corrected chi connectivity index (χ4v) is 3.02. The summed E-state index contributed by atoms with van der Waals surface area (Å²) >= 11 is 0. The van der Waals surface area contributed by atoms with Crippen molar-refractivity contribution in [2.24, 2.45) is 0 Å². The summed E-state index contributed by atoms with van der Waals surface area (Å²) in [5.74, 6) is 0.434. The van der Waals surface area contributed by atoms with Crippen LogP contribution in [-0.4, -0.2) is 36.9 Å². The van der Waals surface area contributed by atoms with E-state index in [1.54, 1.807) is 19.2 Å². The van der Waals surface area contributed by atoms with E-state index in [4.69, 9.17) is 9.47 Å². The van der Waals surface area contributed by atoms with Crippen molar-refractivity contribution in [2.75, 3.05) is 19.5 Å². The maximum Gasteiger partial charge on any atom is 0.416 e. The number of nitrogens with one attached hydrogen (secondary N) is 1. The number of anilines is 1. The molecule has 154 valence electrons. The average Bonchev–Trinajstić information content (AvgIpc) is 3.00. The van der Waals surface area contributed by atoms with Gasteiger partial charge in [0.05, 0.1) is 18.4 Å². The molecule has 0 bridgehead atoms. The molecule has 1 aliphatic rings. The van der Waals surface area contributed by atoms with Gasteiger partial charge in [-0.3, -0.25) is 9.59 Å². The summed E-state index contributed by atoms with van der Waals surface area (Å²) in [6.45, 7) is 0. The Morgan fingerprint density at radius 2 is 1.79 bits per heavy atom. The van der Waals surface area contributed by atoms with Crippen molar-refractivity contribution in [3.63, 3.8) is 0 Å². The van der Waals surface area contributed by atoms with Crippen molar-refractivity contribution in [1.29, 1.82) is 0 Å². The van der Waals surface area contributed by atoms with Crippen molar-refractivity contribution >= 4 is 17.5 Å². The zero-order chi connectivity index (χ0) is 21.2. The molecule has 0 aromatic heterocycles. The summed E-state index contributed by atoms with van der Waals surface area (Å²) in [6.07, 6.45) is -3.70. The second-order valence-electron chi connectivity index (χ2n) is 6.53. The molecule has 6 nitrogen and oxygen atoms in total. The Kier molecular flexibility index (Phi) is 5.67. The molecule has 0 spiro atoms. The summed E-state index contributed by atoms with van der Waals surface area (Å²) < 4.78 is 48.8. The number of hydrogen-bond donors (Lipinski definition) is 1. The monoisotopic (exact) mass is 408 g/mol. The number of nitrogens with zero attached hydrogens (tertiary/aromatic N) is 1. The first-order valence-electron chi connectivity index (χ1n) is 8.78. The van der Waals surface area contributed by atoms with Crippen LogP contribution in [0.4, 0.5) is 18.9 Å². The van der Waals surface area contributed by atoms with Gasteiger partial charge in [-0.25, -0.2) is 0 Å². The molecule has 1 N–H and O–H groups in total. The van der Waals surface area contributed by atoms with E-state index < -0.39 is 17.8 Å². The summed E-state index contributed by atoms with van der Waals surface area (Å²) in [5, 5.41) is 2.72. The number of halogens is 3. The standard InChI is InChI=1S/C20H19F3N2O4/c1-25-16(8-10-18(25)26)19(27)24-15-11-14(7-9-17(15)28-2)29-13-5-3-12(4-6-13)20(21,22)23/h3-7,9,11,16H,8,10H2,1-2H3,(H,24,27)/t16-/m1/s1. The molecular weight excluding hydrogens is 389 g/mol. The highest BCUT2D eigenvalue weighted by atomic mass is 19.4. The van der Waals surface area contributed by atoms with Crippen LogP contribution in [0.1, 0.15) is 18.4 Å². The molecule has 1 fully saturated rings. The van der Waals surface area contributed by atoms with Crippen molar-refractivity contribution in [3.8, 4) is 17.2 Å². The Morgan fingerprint density at radius 3 is 2.34 bits per heavy atom. The molecule has 3 rings (SSSR count). The summed E-state index contributed by atoms with van der Waals surface area (Å²) in [6, 6.07) is 8.34. The number of carbonyl (C=O) groups excluding carboxylic acids is 2. The second-order valence-corrected chi connectivity index (χ2v) is 6.53. The number of ether oxygens (including phenoxy) is 2. The lowest BCUT2D eigenvalue weighted by atomic mass is 10.2. The third-order valence-corrected chi connectivity index (χ3v) is 4.64. The van der Waals surface area contributed by atoms with Crippen LogP contribution in [0.5, 0.6) is 17.2 Å². The van der Waals surface area contributed by atoms with E-state index in [-0.39, 0.29) is 17.6 Å². The summed E-state index contributed by atoms with van der Waals surface area (Å²) in [7, 11) is 3.01. The van der Waals surface area contributed by atoms with Gasteiger partial charge in [0.15, 0.2) is 0 Å². The van der Waals surface area contributed by atoms with Gasteiger partial charge in [-0.2, -0.15) is 13.2 Å². The van der Waals surface area contributed by atoms with Crippen LogP contribution < -0.4 is 14.8 Å². The fourth-order valence-electron chi connectivity index (χ4n) is 3.02. The van der Waals surface area contributed by atoms with Crippen molar-refractivity contribution < 1.29 is 32.2 Å². The molecule has 0 unspecified atom stereocenters. The molecule has 2 amide bonds. The van der Waals surface area contributed by atoms with Gasteiger partial charge in [-0.15, -0.1) is 0 Å². The highest BCUT2D eigenvalue weighted by molar-refractivity contribution is 5.99. The Morgan fingerprint density at radius 1 is 1.14 bits per heavy atom. The SMILES string of the molecule is COc1ccc(Oc2ccc(C(F)(F)F)cc2)cc1NC(=O)[C@H]1CCC(=O)N1C. The predicted molar refractivity (Wildman–Crippen MR) is 98.9 cm³/mol. The zero-order valence-corrected chi connectivity index (χ0v) is 15.7. The van der Waals surface area contributed by atoms with E-state index in [1.807, 2.05) is 0 Å². The molecule has 2 aromatic carbocycles. The first kappa shape index (κ1) is 20.5. The van der Waals surface area contributed by atoms with Crippen molar-refractivity contribution in [2.45, 2.75) is 25.1 Å². The van der Waals surface area contributed by atoms with Gasteiger partial charge < -0.3 is 19.7 Å². The smallest absolute Gasteiger partial charge is 0.416 e. The number of rotatable bonds is 5. The number of amides is 2. The van der Waals surface area contributed by atoms with Crippen LogP contribution in [0.15, 0.2) is 42.5 Å². The summed E-state index contributed by atoms with van der Waals surface area (Å²) in [5.41, 5.74) is -0.447. The minimum Gasteiger partial charge on any atom is -0.495 e. The minimum absolute atomic E-state index is 0.100. The largest absolute Gasteiger partial charge is 0.495 e. The molecule has 0 saturated carbocycles. The van der Waals surface area contributed by atoms with E-state index >= 15 is 0 Å². The summed E-state index contributed by atoms with van der Waals surface area (Å²) in [4.78, 5) is 25.6. The van der Waals surface area contributed by atoms with Crippen LogP contribution in [-0.2, 0) is 15.8 Å². The topological polar surface area (TPSA) is 67.9 Å². The van der Waals surface area contributed by atoms with Crippen LogP contribution in [0, 0.1) is 0 Å². The van der Waals surface area contributed by atoms with Crippen LogP contribution in [0.25, 0.3) is 0 Å². The predicted octanol–water partition coefficient (Wildman–Crippen LogP) is 4.07. The Hall–Kier alpha value is -3.23. The van der Waals surface area contributed by atoms with E-state index in [1.165, 1.54) is 30.2 Å². The lowest BCUT2D eigenvalue weighted by Crippen LogP contribution is -2.38. The lowest BCUT2D eigenvalue weighted by Gasteiger charge is -2.20. The number of benzene rings is 2.